The maximum absolute atomic E-state index is 11.8. The van der Waals surface area contributed by atoms with Crippen molar-refractivity contribution < 1.29 is 24.2 Å². The third-order valence-electron chi connectivity index (χ3n) is 3.87. The summed E-state index contributed by atoms with van der Waals surface area (Å²) in [4.78, 5) is 22.5. The summed E-state index contributed by atoms with van der Waals surface area (Å²) in [5, 5.41) is 11.6. The molecule has 18 heavy (non-hydrogen) atoms. The summed E-state index contributed by atoms with van der Waals surface area (Å²) in [6.45, 7) is 0.472. The lowest BCUT2D eigenvalue weighted by atomic mass is 9.80. The predicted molar refractivity (Wildman–Crippen MR) is 62.1 cm³/mol. The molecule has 0 aromatic carbocycles. The number of ether oxygens (including phenoxy) is 2. The largest absolute Gasteiger partial charge is 0.479 e. The molecule has 6 heteroatoms. The van der Waals surface area contributed by atoms with Crippen LogP contribution in [0.5, 0.6) is 0 Å². The number of amides is 1. The Balaban J connectivity index is 1.77. The fourth-order valence-corrected chi connectivity index (χ4v) is 2.40. The number of carbonyl (C=O) groups excluding carboxylic acids is 1. The van der Waals surface area contributed by atoms with E-state index in [1.807, 2.05) is 0 Å². The number of hydrogen-bond donors (Lipinski definition) is 2. The lowest BCUT2D eigenvalue weighted by Gasteiger charge is -2.40. The normalized spacial score (nSPS) is 29.6. The molecule has 6 nitrogen and oxygen atoms in total. The van der Waals surface area contributed by atoms with Crippen LogP contribution in [0.25, 0.3) is 0 Å². The molecule has 1 heterocycles. The highest BCUT2D eigenvalue weighted by molar-refractivity contribution is 5.82. The molecule has 1 saturated carbocycles. The smallest absolute Gasteiger partial charge is 0.332 e. The van der Waals surface area contributed by atoms with Crippen molar-refractivity contribution in [1.82, 2.24) is 5.32 Å². The molecule has 2 aliphatic rings. The third kappa shape index (κ3) is 2.64. The van der Waals surface area contributed by atoms with E-state index >= 15 is 0 Å². The molecule has 102 valence electrons. The average molecular weight is 257 g/mol. The van der Waals surface area contributed by atoms with Gasteiger partial charge in [-0.1, -0.05) is 0 Å². The lowest BCUT2D eigenvalue weighted by molar-refractivity contribution is -0.152. The van der Waals surface area contributed by atoms with Crippen molar-refractivity contribution in [3.8, 4) is 0 Å². The van der Waals surface area contributed by atoms with Crippen molar-refractivity contribution in [2.75, 3.05) is 13.7 Å². The fraction of sp³-hybridized carbons (Fsp3) is 0.833. The molecule has 0 spiro atoms. The van der Waals surface area contributed by atoms with Crippen molar-refractivity contribution in [2.45, 2.75) is 49.9 Å². The number of carbonyl (C=O) groups is 2. The molecule has 1 aliphatic carbocycles. The summed E-state index contributed by atoms with van der Waals surface area (Å²) in [5.41, 5.74) is -0.222. The minimum Gasteiger partial charge on any atom is -0.479 e. The molecule has 2 fully saturated rings. The van der Waals surface area contributed by atoms with Crippen LogP contribution in [0, 0.1) is 0 Å². The van der Waals surface area contributed by atoms with Gasteiger partial charge in [0.25, 0.3) is 0 Å². The first-order valence-corrected chi connectivity index (χ1v) is 6.27. The van der Waals surface area contributed by atoms with Gasteiger partial charge >= 0.3 is 5.97 Å². The Hall–Kier alpha value is -1.14. The zero-order valence-corrected chi connectivity index (χ0v) is 10.5. The van der Waals surface area contributed by atoms with Gasteiger partial charge in [0.05, 0.1) is 5.60 Å². The van der Waals surface area contributed by atoms with Gasteiger partial charge in [-0.15, -0.1) is 0 Å². The van der Waals surface area contributed by atoms with E-state index in [2.05, 4.69) is 5.32 Å². The number of carboxylic acids is 1. The molecule has 1 saturated heterocycles. The molecule has 2 unspecified atom stereocenters. The molecule has 0 bridgehead atoms. The summed E-state index contributed by atoms with van der Waals surface area (Å²) in [6, 6.07) is 0. The number of carboxylic acid groups (broad SMARTS) is 1. The highest BCUT2D eigenvalue weighted by Gasteiger charge is 2.39. The fourth-order valence-electron chi connectivity index (χ4n) is 2.40. The van der Waals surface area contributed by atoms with Crippen molar-refractivity contribution in [1.29, 1.82) is 0 Å². The topological polar surface area (TPSA) is 84.9 Å². The molecule has 2 atom stereocenters. The van der Waals surface area contributed by atoms with E-state index in [4.69, 9.17) is 14.6 Å². The minimum atomic E-state index is -1.00. The zero-order valence-electron chi connectivity index (χ0n) is 10.5. The number of hydrogen-bond acceptors (Lipinski definition) is 4. The van der Waals surface area contributed by atoms with Gasteiger partial charge < -0.3 is 19.9 Å². The summed E-state index contributed by atoms with van der Waals surface area (Å²) in [7, 11) is 1.65. The quantitative estimate of drug-likeness (QED) is 0.740. The second-order valence-corrected chi connectivity index (χ2v) is 4.99. The lowest BCUT2D eigenvalue weighted by Crippen LogP contribution is -2.51. The van der Waals surface area contributed by atoms with Crippen LogP contribution in [0.3, 0.4) is 0 Å². The number of aliphatic carboxylic acids is 1. The molecule has 1 amide bonds. The van der Waals surface area contributed by atoms with Crippen molar-refractivity contribution in [3.63, 3.8) is 0 Å². The Kier molecular flexibility index (Phi) is 3.87. The second-order valence-electron chi connectivity index (χ2n) is 4.99. The minimum absolute atomic E-state index is 0.222. The molecule has 2 N–H and O–H groups in total. The molecular formula is C12H19NO5. The summed E-state index contributed by atoms with van der Waals surface area (Å²) in [6.07, 6.45) is 2.39. The van der Waals surface area contributed by atoms with Gasteiger partial charge in [-0.3, -0.25) is 4.79 Å². The molecule has 2 rings (SSSR count). The Morgan fingerprint density at radius 2 is 2.06 bits per heavy atom. The molecule has 0 aromatic heterocycles. The van der Waals surface area contributed by atoms with Gasteiger partial charge in [0.15, 0.2) is 6.10 Å². The first-order chi connectivity index (χ1) is 8.56. The van der Waals surface area contributed by atoms with Crippen LogP contribution in [0.4, 0.5) is 0 Å². The maximum Gasteiger partial charge on any atom is 0.332 e. The average Bonchev–Trinajstić information content (AvgIpc) is 2.77. The Bertz CT molecular complexity index is 334. The first-order valence-electron chi connectivity index (χ1n) is 6.27. The van der Waals surface area contributed by atoms with E-state index < -0.39 is 18.2 Å². The third-order valence-corrected chi connectivity index (χ3v) is 3.87. The van der Waals surface area contributed by atoms with Gasteiger partial charge in [0, 0.05) is 13.7 Å². The van der Waals surface area contributed by atoms with E-state index in [0.717, 1.165) is 19.3 Å². The Labute approximate surface area is 106 Å². The van der Waals surface area contributed by atoms with Crippen molar-refractivity contribution >= 4 is 11.9 Å². The number of nitrogens with one attached hydrogen (secondary N) is 1. The van der Waals surface area contributed by atoms with Crippen molar-refractivity contribution in [2.24, 2.45) is 0 Å². The van der Waals surface area contributed by atoms with Crippen LogP contribution < -0.4 is 5.32 Å². The summed E-state index contributed by atoms with van der Waals surface area (Å²) in [5.74, 6) is -1.24. The molecule has 0 aromatic rings. The van der Waals surface area contributed by atoms with Gasteiger partial charge in [0.2, 0.25) is 5.91 Å². The summed E-state index contributed by atoms with van der Waals surface area (Å²) < 4.78 is 10.6. The molecular weight excluding hydrogens is 238 g/mol. The van der Waals surface area contributed by atoms with Crippen LogP contribution >= 0.6 is 0 Å². The Morgan fingerprint density at radius 1 is 1.39 bits per heavy atom. The molecule has 0 radical (unpaired) electrons. The highest BCUT2D eigenvalue weighted by Crippen LogP contribution is 2.34. The van der Waals surface area contributed by atoms with Gasteiger partial charge in [0.1, 0.15) is 6.10 Å². The SMILES string of the molecule is COC1(CNC(=O)C2CCC(C(=O)O)O2)CCC1. The van der Waals surface area contributed by atoms with Crippen LogP contribution in [-0.2, 0) is 19.1 Å². The van der Waals surface area contributed by atoms with Gasteiger partial charge in [-0.25, -0.2) is 4.79 Å². The van der Waals surface area contributed by atoms with Crippen LogP contribution in [0.1, 0.15) is 32.1 Å². The highest BCUT2D eigenvalue weighted by atomic mass is 16.5. The van der Waals surface area contributed by atoms with E-state index in [1.165, 1.54) is 0 Å². The van der Waals surface area contributed by atoms with E-state index in [0.29, 0.717) is 19.4 Å². The monoisotopic (exact) mass is 257 g/mol. The van der Waals surface area contributed by atoms with Crippen LogP contribution in [0.15, 0.2) is 0 Å². The van der Waals surface area contributed by atoms with E-state index in [9.17, 15) is 9.59 Å². The van der Waals surface area contributed by atoms with E-state index in [-0.39, 0.29) is 11.5 Å². The number of methoxy groups -OCH3 is 1. The van der Waals surface area contributed by atoms with E-state index in [1.54, 1.807) is 7.11 Å². The number of rotatable bonds is 5. The first kappa shape index (κ1) is 13.3. The standard InChI is InChI=1S/C12H19NO5/c1-17-12(5-2-6-12)7-13-10(14)8-3-4-9(18-8)11(15)16/h8-9H,2-7H2,1H3,(H,13,14)(H,15,16). The predicted octanol–water partition coefficient (Wildman–Crippen LogP) is 0.304. The second kappa shape index (κ2) is 5.24. The van der Waals surface area contributed by atoms with Crippen LogP contribution in [-0.4, -0.2) is 48.4 Å². The molecule has 1 aliphatic heterocycles. The summed E-state index contributed by atoms with van der Waals surface area (Å²) >= 11 is 0. The zero-order chi connectivity index (χ0) is 13.2. The Morgan fingerprint density at radius 3 is 2.50 bits per heavy atom. The maximum atomic E-state index is 11.8. The van der Waals surface area contributed by atoms with Crippen LogP contribution in [0.2, 0.25) is 0 Å². The van der Waals surface area contributed by atoms with Gasteiger partial charge in [-0.2, -0.15) is 0 Å². The van der Waals surface area contributed by atoms with Gasteiger partial charge in [-0.05, 0) is 32.1 Å². The van der Waals surface area contributed by atoms with Crippen molar-refractivity contribution in [3.05, 3.63) is 0 Å².